The molecule has 226 valence electrons. The normalized spacial score (nSPS) is 27.2. The molecule has 1 unspecified atom stereocenters. The number of fused-ring (bicyclic) bond motifs is 1. The van der Waals surface area contributed by atoms with E-state index < -0.39 is 50.9 Å². The number of aliphatic carboxylic acids is 1. The number of amides is 1. The van der Waals surface area contributed by atoms with Crippen LogP contribution in [0.4, 0.5) is 23.8 Å². The summed E-state index contributed by atoms with van der Waals surface area (Å²) in [4.78, 5) is 24.2. The van der Waals surface area contributed by atoms with Crippen LogP contribution >= 0.6 is 10.2 Å². The summed E-state index contributed by atoms with van der Waals surface area (Å²) in [6.07, 6.45) is 5.44. The van der Waals surface area contributed by atoms with Gasteiger partial charge in [-0.25, -0.2) is 9.18 Å². The molecular formula is C30H29F6NO4S. The Morgan fingerprint density at radius 3 is 2.05 bits per heavy atom. The number of hydrogen-bond acceptors (Lipinski definition) is 3. The Labute approximate surface area is 238 Å². The van der Waals surface area contributed by atoms with Crippen LogP contribution in [0.2, 0.25) is 0 Å². The highest BCUT2D eigenvalue weighted by molar-refractivity contribution is 8.45. The molecule has 3 aromatic rings. The van der Waals surface area contributed by atoms with Crippen molar-refractivity contribution in [3.63, 3.8) is 0 Å². The summed E-state index contributed by atoms with van der Waals surface area (Å²) in [6.45, 7) is -0.394. The molecule has 42 heavy (non-hydrogen) atoms. The second-order valence-corrected chi connectivity index (χ2v) is 14.6. The number of carboxylic acids is 1. The quantitative estimate of drug-likeness (QED) is 0.250. The summed E-state index contributed by atoms with van der Waals surface area (Å²) in [5.74, 6) is -1.10. The van der Waals surface area contributed by atoms with Crippen LogP contribution in [0.1, 0.15) is 54.4 Å². The first-order valence-corrected chi connectivity index (χ1v) is 15.7. The average Bonchev–Trinajstić information content (AvgIpc) is 2.88. The van der Waals surface area contributed by atoms with Crippen LogP contribution < -0.4 is 10.1 Å². The van der Waals surface area contributed by atoms with Crippen LogP contribution in [0, 0.1) is 29.0 Å². The maximum Gasteiger partial charge on any atom is 0.326 e. The zero-order valence-corrected chi connectivity index (χ0v) is 23.1. The molecule has 1 amide bonds. The van der Waals surface area contributed by atoms with Gasteiger partial charge in [0.15, 0.2) is 0 Å². The lowest BCUT2D eigenvalue weighted by Gasteiger charge is -2.58. The molecule has 4 aliphatic carbocycles. The molecule has 4 fully saturated rings. The summed E-state index contributed by atoms with van der Waals surface area (Å²) in [7, 11) is -9.85. The Kier molecular flexibility index (Phi) is 6.18. The van der Waals surface area contributed by atoms with E-state index in [0.717, 1.165) is 56.7 Å². The van der Waals surface area contributed by atoms with E-state index >= 15 is 0 Å². The molecule has 7 rings (SSSR count). The molecule has 1 atom stereocenters. The van der Waals surface area contributed by atoms with Crippen LogP contribution in [0.3, 0.4) is 0 Å². The lowest BCUT2D eigenvalue weighted by Crippen LogP contribution is -2.59. The molecule has 3 aromatic carbocycles. The number of carbonyl (C=O) groups excluding carboxylic acids is 1. The minimum atomic E-state index is -9.85. The predicted molar refractivity (Wildman–Crippen MR) is 146 cm³/mol. The first-order chi connectivity index (χ1) is 19.5. The highest BCUT2D eigenvalue weighted by Crippen LogP contribution is 3.02. The average molecular weight is 614 g/mol. The van der Waals surface area contributed by atoms with Crippen molar-refractivity contribution in [1.29, 1.82) is 0 Å². The van der Waals surface area contributed by atoms with Crippen LogP contribution in [0.25, 0.3) is 10.8 Å². The fraction of sp³-hybridized carbons (Fsp3) is 0.400. The lowest BCUT2D eigenvalue weighted by molar-refractivity contribution is -0.150. The van der Waals surface area contributed by atoms with E-state index in [1.54, 1.807) is 0 Å². The second kappa shape index (κ2) is 9.05. The van der Waals surface area contributed by atoms with Gasteiger partial charge in [0, 0.05) is 10.8 Å². The molecule has 0 heterocycles. The molecule has 5 nitrogen and oxygen atoms in total. The summed E-state index contributed by atoms with van der Waals surface area (Å²) in [6, 6.07) is 7.73. The van der Waals surface area contributed by atoms with Gasteiger partial charge in [-0.2, -0.15) is 0 Å². The number of benzene rings is 3. The number of carbonyl (C=O) groups is 2. The van der Waals surface area contributed by atoms with Crippen molar-refractivity contribution in [3.05, 3.63) is 71.5 Å². The van der Waals surface area contributed by atoms with Crippen molar-refractivity contribution in [2.75, 3.05) is 0 Å². The first kappa shape index (κ1) is 28.7. The molecular weight excluding hydrogens is 584 g/mol. The number of carboxylic acid groups (broad SMARTS) is 1. The molecule has 0 aromatic heterocycles. The third kappa shape index (κ3) is 5.41. The highest BCUT2D eigenvalue weighted by Gasteiger charge is 2.65. The van der Waals surface area contributed by atoms with Crippen molar-refractivity contribution >= 4 is 32.9 Å². The molecule has 4 aliphatic rings. The Morgan fingerprint density at radius 1 is 0.905 bits per heavy atom. The van der Waals surface area contributed by atoms with Gasteiger partial charge in [0.25, 0.3) is 5.91 Å². The molecule has 0 aliphatic heterocycles. The maximum absolute atomic E-state index is 14.0. The Balaban J connectivity index is 1.30. The van der Waals surface area contributed by atoms with Crippen LogP contribution in [0.5, 0.6) is 5.75 Å². The van der Waals surface area contributed by atoms with Gasteiger partial charge in [-0.1, -0.05) is 37.6 Å². The SMILES string of the molecule is O=C(NC(C(=O)O)C12CC3CC(CC(C3)C1)C2)c1ccc2cc(F)ccc2c1OCc1ccc(S(F)(F)(F)(F)F)cc1. The minimum absolute atomic E-state index is 0.0311. The van der Waals surface area contributed by atoms with Gasteiger partial charge in [0.05, 0.1) is 5.56 Å². The number of nitrogens with one attached hydrogen (secondary N) is 1. The topological polar surface area (TPSA) is 75.6 Å². The van der Waals surface area contributed by atoms with Crippen molar-refractivity contribution in [2.24, 2.45) is 23.2 Å². The second-order valence-electron chi connectivity index (χ2n) is 12.2. The van der Waals surface area contributed by atoms with Gasteiger partial charge in [0.2, 0.25) is 0 Å². The van der Waals surface area contributed by atoms with E-state index in [-0.39, 0.29) is 29.0 Å². The number of halogens is 6. The monoisotopic (exact) mass is 613 g/mol. The fourth-order valence-corrected chi connectivity index (χ4v) is 8.47. The lowest BCUT2D eigenvalue weighted by atomic mass is 9.47. The summed E-state index contributed by atoms with van der Waals surface area (Å²) < 4.78 is 85.5. The molecule has 2 N–H and O–H groups in total. The third-order valence-electron chi connectivity index (χ3n) is 9.15. The zero-order chi connectivity index (χ0) is 30.1. The van der Waals surface area contributed by atoms with Crippen molar-refractivity contribution in [2.45, 2.75) is 56.1 Å². The van der Waals surface area contributed by atoms with Gasteiger partial charge in [0.1, 0.15) is 29.1 Å². The van der Waals surface area contributed by atoms with E-state index in [1.165, 1.54) is 24.3 Å². The smallest absolute Gasteiger partial charge is 0.326 e. The Morgan fingerprint density at radius 2 is 1.50 bits per heavy atom. The predicted octanol–water partition coefficient (Wildman–Crippen LogP) is 8.61. The van der Waals surface area contributed by atoms with Crippen LogP contribution in [0.15, 0.2) is 59.5 Å². The molecule has 0 spiro atoms. The standard InChI is InChI=1S/C30H29F6NO4S/c31-22-4-8-24-21(12-22)3-7-25(26(24)41-16-17-1-5-23(6-2-17)42(32,33,34,35)36)28(38)37-27(29(39)40)30-13-18-9-19(14-30)11-20(10-18)15-30/h1-8,12,18-20,27H,9-11,13-16H2,(H,37,38)(H,39,40). The third-order valence-corrected chi connectivity index (χ3v) is 10.3. The van der Waals surface area contributed by atoms with Crippen LogP contribution in [-0.4, -0.2) is 23.0 Å². The zero-order valence-electron chi connectivity index (χ0n) is 22.3. The summed E-state index contributed by atoms with van der Waals surface area (Å²) >= 11 is 0. The van der Waals surface area contributed by atoms with Crippen molar-refractivity contribution < 1.29 is 43.3 Å². The van der Waals surface area contributed by atoms with Gasteiger partial charge < -0.3 is 15.2 Å². The maximum atomic E-state index is 14.0. The largest absolute Gasteiger partial charge is 0.487 e. The first-order valence-electron chi connectivity index (χ1n) is 13.7. The Hall–Kier alpha value is -3.41. The van der Waals surface area contributed by atoms with E-state index in [0.29, 0.717) is 28.5 Å². The van der Waals surface area contributed by atoms with Gasteiger partial charge in [-0.15, -0.1) is 0 Å². The molecule has 0 radical (unpaired) electrons. The van der Waals surface area contributed by atoms with Crippen molar-refractivity contribution in [3.8, 4) is 5.75 Å². The van der Waals surface area contributed by atoms with E-state index in [2.05, 4.69) is 5.32 Å². The summed E-state index contributed by atoms with van der Waals surface area (Å²) in [5.41, 5.74) is -0.473. The summed E-state index contributed by atoms with van der Waals surface area (Å²) in [5, 5.41) is 13.7. The number of hydrogen-bond donors (Lipinski definition) is 2. The molecule has 0 saturated heterocycles. The van der Waals surface area contributed by atoms with Gasteiger partial charge >= 0.3 is 16.2 Å². The van der Waals surface area contributed by atoms with Gasteiger partial charge in [-0.05, 0) is 104 Å². The van der Waals surface area contributed by atoms with Crippen LogP contribution in [-0.2, 0) is 11.4 Å². The molecule has 12 heteroatoms. The Bertz CT molecular complexity index is 1560. The van der Waals surface area contributed by atoms with E-state index in [9.17, 15) is 38.5 Å². The number of ether oxygens (including phenoxy) is 1. The molecule has 4 bridgehead atoms. The van der Waals surface area contributed by atoms with Gasteiger partial charge in [-0.3, -0.25) is 4.79 Å². The van der Waals surface area contributed by atoms with E-state index in [1.807, 2.05) is 0 Å². The molecule has 4 saturated carbocycles. The minimum Gasteiger partial charge on any atom is -0.487 e. The highest BCUT2D eigenvalue weighted by atomic mass is 32.5. The van der Waals surface area contributed by atoms with Crippen molar-refractivity contribution in [1.82, 2.24) is 5.32 Å². The van der Waals surface area contributed by atoms with E-state index in [4.69, 9.17) is 4.74 Å². The fourth-order valence-electron chi connectivity index (χ4n) is 7.82. The number of rotatable bonds is 8.